The monoisotopic (exact) mass is 281 g/mol. The fraction of sp³-hybridized carbons (Fsp3) is 0.800. The lowest BCUT2D eigenvalue weighted by atomic mass is 9.72. The van der Waals surface area contributed by atoms with Crippen LogP contribution in [0.2, 0.25) is 0 Å². The molecule has 0 aromatic carbocycles. The van der Waals surface area contributed by atoms with Gasteiger partial charge in [0.1, 0.15) is 0 Å². The molecule has 2 rings (SSSR count). The topological polar surface area (TPSA) is 42.1 Å². The number of hydrogen-bond acceptors (Lipinski definition) is 4. The number of hydrogen-bond donors (Lipinski definition) is 1. The van der Waals surface area contributed by atoms with Gasteiger partial charge < -0.3 is 5.73 Å². The van der Waals surface area contributed by atoms with Gasteiger partial charge in [-0.25, -0.2) is 4.98 Å². The molecule has 2 N–H and O–H groups in total. The van der Waals surface area contributed by atoms with Gasteiger partial charge in [-0.15, -0.1) is 11.3 Å². The summed E-state index contributed by atoms with van der Waals surface area (Å²) in [5, 5.41) is 2.14. The minimum absolute atomic E-state index is 0.189. The van der Waals surface area contributed by atoms with Gasteiger partial charge in [0, 0.05) is 24.0 Å². The highest BCUT2D eigenvalue weighted by molar-refractivity contribution is 7.07. The van der Waals surface area contributed by atoms with E-state index in [0.29, 0.717) is 0 Å². The zero-order chi connectivity index (χ0) is 13.9. The first-order chi connectivity index (χ1) is 9.07. The van der Waals surface area contributed by atoms with Gasteiger partial charge in [0.25, 0.3) is 0 Å². The zero-order valence-corrected chi connectivity index (χ0v) is 13.2. The van der Waals surface area contributed by atoms with E-state index in [9.17, 15) is 0 Å². The van der Waals surface area contributed by atoms with Gasteiger partial charge in [0.15, 0.2) is 0 Å². The molecule has 4 heteroatoms. The third kappa shape index (κ3) is 3.36. The van der Waals surface area contributed by atoms with Crippen molar-refractivity contribution in [3.05, 3.63) is 16.6 Å². The highest BCUT2D eigenvalue weighted by Crippen LogP contribution is 2.38. The van der Waals surface area contributed by atoms with Crippen LogP contribution in [0.15, 0.2) is 10.9 Å². The SMILES string of the molecule is CC(C)C1CCC(CN)(N(C)Cc2cscn2)CC1. The Kier molecular flexibility index (Phi) is 4.98. The zero-order valence-electron chi connectivity index (χ0n) is 12.4. The van der Waals surface area contributed by atoms with Crippen LogP contribution in [0.4, 0.5) is 0 Å². The van der Waals surface area contributed by atoms with Gasteiger partial charge in [0.2, 0.25) is 0 Å². The predicted molar refractivity (Wildman–Crippen MR) is 82.2 cm³/mol. The Morgan fingerprint density at radius 1 is 1.47 bits per heavy atom. The standard InChI is InChI=1S/C15H27N3S/c1-12(2)13-4-6-15(10-16,7-5-13)18(3)8-14-9-19-11-17-14/h9,11-13H,4-8,10,16H2,1-3H3. The van der Waals surface area contributed by atoms with Gasteiger partial charge in [-0.3, -0.25) is 4.90 Å². The molecule has 0 amide bonds. The number of nitrogens with zero attached hydrogens (tertiary/aromatic N) is 2. The van der Waals surface area contributed by atoms with Gasteiger partial charge in [0.05, 0.1) is 11.2 Å². The second-order valence-corrected chi connectivity index (χ2v) is 7.06. The van der Waals surface area contributed by atoms with Crippen molar-refractivity contribution in [1.82, 2.24) is 9.88 Å². The summed E-state index contributed by atoms with van der Waals surface area (Å²) >= 11 is 1.67. The van der Waals surface area contributed by atoms with E-state index in [1.807, 2.05) is 5.51 Å². The number of rotatable bonds is 5. The third-order valence-corrected chi connectivity index (χ3v) is 5.61. The summed E-state index contributed by atoms with van der Waals surface area (Å²) in [4.78, 5) is 6.84. The van der Waals surface area contributed by atoms with Gasteiger partial charge in [-0.1, -0.05) is 13.8 Å². The lowest BCUT2D eigenvalue weighted by Gasteiger charge is -2.46. The van der Waals surface area contributed by atoms with Crippen molar-refractivity contribution < 1.29 is 0 Å². The first-order valence-corrected chi connectivity index (χ1v) is 8.30. The average molecular weight is 281 g/mol. The first-order valence-electron chi connectivity index (χ1n) is 7.36. The molecule has 0 radical (unpaired) electrons. The number of thiazole rings is 1. The Labute approximate surface area is 121 Å². The Morgan fingerprint density at radius 3 is 2.63 bits per heavy atom. The van der Waals surface area contributed by atoms with Crippen LogP contribution in [0.25, 0.3) is 0 Å². The van der Waals surface area contributed by atoms with Crippen LogP contribution in [0.1, 0.15) is 45.2 Å². The van der Waals surface area contributed by atoms with Crippen LogP contribution in [0.5, 0.6) is 0 Å². The summed E-state index contributed by atoms with van der Waals surface area (Å²) in [7, 11) is 2.21. The van der Waals surface area contributed by atoms with Crippen LogP contribution >= 0.6 is 11.3 Å². The van der Waals surface area contributed by atoms with Crippen molar-refractivity contribution in [3.8, 4) is 0 Å². The van der Waals surface area contributed by atoms with E-state index in [-0.39, 0.29) is 5.54 Å². The van der Waals surface area contributed by atoms with Gasteiger partial charge in [-0.05, 0) is 44.6 Å². The van der Waals surface area contributed by atoms with E-state index in [1.54, 1.807) is 11.3 Å². The number of nitrogens with two attached hydrogens (primary N) is 1. The summed E-state index contributed by atoms with van der Waals surface area (Å²) in [5.74, 6) is 1.69. The van der Waals surface area contributed by atoms with Crippen LogP contribution in [0.3, 0.4) is 0 Å². The maximum atomic E-state index is 6.13. The molecule has 1 aromatic heterocycles. The molecule has 0 saturated heterocycles. The van der Waals surface area contributed by atoms with Gasteiger partial charge >= 0.3 is 0 Å². The van der Waals surface area contributed by atoms with Crippen molar-refractivity contribution in [2.45, 2.75) is 51.6 Å². The van der Waals surface area contributed by atoms with Crippen molar-refractivity contribution >= 4 is 11.3 Å². The fourth-order valence-electron chi connectivity index (χ4n) is 3.31. The van der Waals surface area contributed by atoms with Crippen molar-refractivity contribution in [2.75, 3.05) is 13.6 Å². The summed E-state index contributed by atoms with van der Waals surface area (Å²) in [6, 6.07) is 0. The largest absolute Gasteiger partial charge is 0.329 e. The highest BCUT2D eigenvalue weighted by Gasteiger charge is 2.38. The number of aromatic nitrogens is 1. The lowest BCUT2D eigenvalue weighted by molar-refractivity contribution is 0.0490. The molecule has 108 valence electrons. The summed E-state index contributed by atoms with van der Waals surface area (Å²) in [6.07, 6.45) is 5.09. The molecular formula is C15H27N3S. The molecule has 1 aliphatic carbocycles. The van der Waals surface area contributed by atoms with Crippen LogP contribution < -0.4 is 5.73 Å². The Bertz CT molecular complexity index is 367. The Hall–Kier alpha value is -0.450. The maximum Gasteiger partial charge on any atom is 0.0795 e. The molecule has 0 spiro atoms. The van der Waals surface area contributed by atoms with Crippen LogP contribution in [-0.4, -0.2) is 29.0 Å². The molecule has 0 bridgehead atoms. The van der Waals surface area contributed by atoms with E-state index in [1.165, 1.54) is 31.4 Å². The fourth-order valence-corrected chi connectivity index (χ4v) is 3.86. The Morgan fingerprint density at radius 2 is 2.16 bits per heavy atom. The molecule has 1 heterocycles. The normalized spacial score (nSPS) is 28.2. The maximum absolute atomic E-state index is 6.13. The quantitative estimate of drug-likeness (QED) is 0.901. The highest BCUT2D eigenvalue weighted by atomic mass is 32.1. The predicted octanol–water partition coefficient (Wildman–Crippen LogP) is 3.12. The molecule has 3 nitrogen and oxygen atoms in total. The smallest absolute Gasteiger partial charge is 0.0795 e. The lowest BCUT2D eigenvalue weighted by Crippen LogP contribution is -2.54. The third-order valence-electron chi connectivity index (χ3n) is 4.98. The summed E-state index contributed by atoms with van der Waals surface area (Å²) < 4.78 is 0. The molecule has 19 heavy (non-hydrogen) atoms. The van der Waals surface area contributed by atoms with Crippen molar-refractivity contribution in [2.24, 2.45) is 17.6 Å². The van der Waals surface area contributed by atoms with E-state index >= 15 is 0 Å². The minimum atomic E-state index is 0.189. The second-order valence-electron chi connectivity index (χ2n) is 6.35. The van der Waals surface area contributed by atoms with Crippen LogP contribution in [-0.2, 0) is 6.54 Å². The molecule has 0 unspecified atom stereocenters. The van der Waals surface area contributed by atoms with Crippen molar-refractivity contribution in [3.63, 3.8) is 0 Å². The molecule has 1 aliphatic rings. The molecule has 1 aromatic rings. The molecule has 1 saturated carbocycles. The van der Waals surface area contributed by atoms with Gasteiger partial charge in [-0.2, -0.15) is 0 Å². The molecule has 0 atom stereocenters. The van der Waals surface area contributed by atoms with E-state index in [0.717, 1.165) is 24.9 Å². The summed E-state index contributed by atoms with van der Waals surface area (Å²) in [5.41, 5.74) is 9.40. The van der Waals surface area contributed by atoms with E-state index < -0.39 is 0 Å². The van der Waals surface area contributed by atoms with E-state index in [4.69, 9.17) is 5.73 Å². The first kappa shape index (κ1) is 14.9. The summed E-state index contributed by atoms with van der Waals surface area (Å²) in [6.45, 7) is 6.38. The van der Waals surface area contributed by atoms with E-state index in [2.05, 4.69) is 36.2 Å². The molecule has 0 aliphatic heterocycles. The van der Waals surface area contributed by atoms with Crippen LogP contribution in [0, 0.1) is 11.8 Å². The molecule has 1 fully saturated rings. The Balaban J connectivity index is 1.99. The number of likely N-dealkylation sites (N-methyl/N-ethyl adjacent to an activating group) is 1. The minimum Gasteiger partial charge on any atom is -0.329 e. The van der Waals surface area contributed by atoms with Crippen molar-refractivity contribution in [1.29, 1.82) is 0 Å². The second kappa shape index (κ2) is 6.33. The average Bonchev–Trinajstić information content (AvgIpc) is 2.91. The molecular weight excluding hydrogens is 254 g/mol.